The number of hydrogen-bond acceptors (Lipinski definition) is 3. The molecule has 2 aromatic rings. The van der Waals surface area contributed by atoms with Gasteiger partial charge in [0.25, 0.3) is 0 Å². The van der Waals surface area contributed by atoms with Gasteiger partial charge in [-0.3, -0.25) is 0 Å². The predicted molar refractivity (Wildman–Crippen MR) is 71.0 cm³/mol. The molecular formula is C13H8Cl2FNO2. The van der Waals surface area contributed by atoms with Crippen LogP contribution in [0.4, 0.5) is 4.39 Å². The normalized spacial score (nSPS) is 10.3. The van der Waals surface area contributed by atoms with E-state index in [0.29, 0.717) is 21.3 Å². The Morgan fingerprint density at radius 2 is 2.00 bits per heavy atom. The molecule has 0 aliphatic carbocycles. The fraction of sp³-hybridized carbons (Fsp3) is 0.0769. The standard InChI is InChI=1S/C13H8Cl2FNO2/c1-19-13(18)9-4-5-11(17-12(9)16)8-3-2-7(14)6-10(8)15/h2-6H,1H3. The number of halogens is 3. The average Bonchev–Trinajstić information content (AvgIpc) is 2.37. The predicted octanol–water partition coefficient (Wildman–Crippen LogP) is 3.98. The van der Waals surface area contributed by atoms with E-state index in [1.807, 2.05) is 0 Å². The minimum Gasteiger partial charge on any atom is -0.465 e. The smallest absolute Gasteiger partial charge is 0.342 e. The summed E-state index contributed by atoms with van der Waals surface area (Å²) in [7, 11) is 1.17. The largest absolute Gasteiger partial charge is 0.465 e. The van der Waals surface area contributed by atoms with Crippen LogP contribution in [0.1, 0.15) is 10.4 Å². The number of benzene rings is 1. The van der Waals surface area contributed by atoms with Crippen LogP contribution in [-0.4, -0.2) is 18.1 Å². The zero-order valence-corrected chi connectivity index (χ0v) is 11.3. The first kappa shape index (κ1) is 13.8. The fourth-order valence-electron chi connectivity index (χ4n) is 1.54. The molecule has 0 atom stereocenters. The van der Waals surface area contributed by atoms with E-state index in [0.717, 1.165) is 0 Å². The van der Waals surface area contributed by atoms with Crippen LogP contribution >= 0.6 is 23.2 Å². The van der Waals surface area contributed by atoms with Crippen molar-refractivity contribution in [2.45, 2.75) is 0 Å². The van der Waals surface area contributed by atoms with Crippen LogP contribution in [0.25, 0.3) is 11.3 Å². The number of hydrogen-bond donors (Lipinski definition) is 0. The van der Waals surface area contributed by atoms with Gasteiger partial charge >= 0.3 is 5.97 Å². The molecule has 0 aliphatic rings. The van der Waals surface area contributed by atoms with E-state index in [4.69, 9.17) is 23.2 Å². The third-order valence-electron chi connectivity index (χ3n) is 2.46. The molecule has 0 fully saturated rings. The maximum atomic E-state index is 13.7. The highest BCUT2D eigenvalue weighted by molar-refractivity contribution is 6.36. The molecule has 0 amide bonds. The number of nitrogens with zero attached hydrogens (tertiary/aromatic N) is 1. The van der Waals surface area contributed by atoms with Gasteiger partial charge in [0.2, 0.25) is 5.95 Å². The molecule has 0 aliphatic heterocycles. The Labute approximate surface area is 118 Å². The van der Waals surface area contributed by atoms with Crippen LogP contribution in [0.15, 0.2) is 30.3 Å². The van der Waals surface area contributed by atoms with Crippen molar-refractivity contribution in [3.05, 3.63) is 51.9 Å². The van der Waals surface area contributed by atoms with Crippen molar-refractivity contribution < 1.29 is 13.9 Å². The maximum Gasteiger partial charge on any atom is 0.342 e. The van der Waals surface area contributed by atoms with Gasteiger partial charge in [0, 0.05) is 10.6 Å². The van der Waals surface area contributed by atoms with Crippen molar-refractivity contribution in [1.29, 1.82) is 0 Å². The first-order chi connectivity index (χ1) is 9.02. The lowest BCUT2D eigenvalue weighted by Crippen LogP contribution is -2.06. The van der Waals surface area contributed by atoms with Gasteiger partial charge < -0.3 is 4.74 Å². The summed E-state index contributed by atoms with van der Waals surface area (Å²) in [4.78, 5) is 15.0. The van der Waals surface area contributed by atoms with Gasteiger partial charge in [-0.2, -0.15) is 4.39 Å². The number of aromatic nitrogens is 1. The topological polar surface area (TPSA) is 39.2 Å². The number of esters is 1. The van der Waals surface area contributed by atoms with Crippen molar-refractivity contribution in [2.75, 3.05) is 7.11 Å². The molecule has 1 aromatic carbocycles. The first-order valence-corrected chi connectivity index (χ1v) is 5.99. The van der Waals surface area contributed by atoms with Gasteiger partial charge in [0.15, 0.2) is 0 Å². The second kappa shape index (κ2) is 5.55. The molecule has 0 unspecified atom stereocenters. The molecule has 0 saturated heterocycles. The highest BCUT2D eigenvalue weighted by Crippen LogP contribution is 2.29. The van der Waals surface area contributed by atoms with Crippen LogP contribution in [-0.2, 0) is 4.74 Å². The molecule has 1 heterocycles. The maximum absolute atomic E-state index is 13.7. The molecule has 98 valence electrons. The van der Waals surface area contributed by atoms with E-state index < -0.39 is 11.9 Å². The van der Waals surface area contributed by atoms with E-state index in [9.17, 15) is 9.18 Å². The number of carbonyl (C=O) groups is 1. The van der Waals surface area contributed by atoms with E-state index in [2.05, 4.69) is 9.72 Å². The van der Waals surface area contributed by atoms with Crippen molar-refractivity contribution in [3.8, 4) is 11.3 Å². The number of ether oxygens (including phenoxy) is 1. The van der Waals surface area contributed by atoms with Gasteiger partial charge in [-0.05, 0) is 30.3 Å². The van der Waals surface area contributed by atoms with Gasteiger partial charge in [-0.15, -0.1) is 0 Å². The lowest BCUT2D eigenvalue weighted by atomic mass is 10.1. The average molecular weight is 300 g/mol. The lowest BCUT2D eigenvalue weighted by Gasteiger charge is -2.06. The van der Waals surface area contributed by atoms with E-state index in [1.165, 1.54) is 25.3 Å². The van der Waals surface area contributed by atoms with Gasteiger partial charge in [-0.25, -0.2) is 9.78 Å². The van der Waals surface area contributed by atoms with Crippen LogP contribution in [0.2, 0.25) is 10.0 Å². The Hall–Kier alpha value is -1.65. The van der Waals surface area contributed by atoms with Gasteiger partial charge in [0.1, 0.15) is 5.56 Å². The number of carbonyl (C=O) groups excluding carboxylic acids is 1. The fourth-order valence-corrected chi connectivity index (χ4v) is 2.05. The van der Waals surface area contributed by atoms with Crippen molar-refractivity contribution in [2.24, 2.45) is 0 Å². The molecule has 0 N–H and O–H groups in total. The second-order valence-corrected chi connectivity index (χ2v) is 4.49. The Kier molecular flexibility index (Phi) is 4.02. The Bertz CT molecular complexity index is 647. The highest BCUT2D eigenvalue weighted by atomic mass is 35.5. The van der Waals surface area contributed by atoms with Crippen LogP contribution in [0.5, 0.6) is 0 Å². The highest BCUT2D eigenvalue weighted by Gasteiger charge is 2.15. The number of methoxy groups -OCH3 is 1. The van der Waals surface area contributed by atoms with Gasteiger partial charge in [-0.1, -0.05) is 23.2 Å². The van der Waals surface area contributed by atoms with Gasteiger partial charge in [0.05, 0.1) is 17.8 Å². The summed E-state index contributed by atoms with van der Waals surface area (Å²) in [6, 6.07) is 7.58. The van der Waals surface area contributed by atoms with Crippen molar-refractivity contribution >= 4 is 29.2 Å². The van der Waals surface area contributed by atoms with E-state index in [-0.39, 0.29) is 5.56 Å². The van der Waals surface area contributed by atoms with Crippen LogP contribution < -0.4 is 0 Å². The number of pyridine rings is 1. The van der Waals surface area contributed by atoms with E-state index in [1.54, 1.807) is 12.1 Å². The summed E-state index contributed by atoms with van der Waals surface area (Å²) in [5.74, 6) is -1.69. The third-order valence-corrected chi connectivity index (χ3v) is 3.01. The summed E-state index contributed by atoms with van der Waals surface area (Å²) in [6.45, 7) is 0. The summed E-state index contributed by atoms with van der Waals surface area (Å²) < 4.78 is 18.1. The summed E-state index contributed by atoms with van der Waals surface area (Å²) in [5.41, 5.74) is 0.615. The molecule has 0 saturated carbocycles. The minimum atomic E-state index is -0.907. The summed E-state index contributed by atoms with van der Waals surface area (Å²) in [6.07, 6.45) is 0. The Morgan fingerprint density at radius 3 is 2.58 bits per heavy atom. The van der Waals surface area contributed by atoms with E-state index >= 15 is 0 Å². The Balaban J connectivity index is 2.47. The molecule has 6 heteroatoms. The quantitative estimate of drug-likeness (QED) is 0.622. The van der Waals surface area contributed by atoms with Crippen LogP contribution in [0.3, 0.4) is 0 Å². The molecule has 3 nitrogen and oxygen atoms in total. The molecule has 1 aromatic heterocycles. The summed E-state index contributed by atoms with van der Waals surface area (Å²) in [5, 5.41) is 0.825. The lowest BCUT2D eigenvalue weighted by molar-refractivity contribution is 0.0594. The molecule has 19 heavy (non-hydrogen) atoms. The first-order valence-electron chi connectivity index (χ1n) is 5.23. The molecule has 0 spiro atoms. The van der Waals surface area contributed by atoms with Crippen LogP contribution in [0, 0.1) is 5.95 Å². The Morgan fingerprint density at radius 1 is 1.26 bits per heavy atom. The third kappa shape index (κ3) is 2.85. The zero-order chi connectivity index (χ0) is 14.0. The minimum absolute atomic E-state index is 0.226. The molecule has 0 radical (unpaired) electrons. The zero-order valence-electron chi connectivity index (χ0n) is 9.78. The molecule has 2 rings (SSSR count). The molecule has 0 bridgehead atoms. The number of rotatable bonds is 2. The van der Waals surface area contributed by atoms with Crippen molar-refractivity contribution in [3.63, 3.8) is 0 Å². The summed E-state index contributed by atoms with van der Waals surface area (Å²) >= 11 is 11.8. The second-order valence-electron chi connectivity index (χ2n) is 3.65. The molecular weight excluding hydrogens is 292 g/mol. The van der Waals surface area contributed by atoms with Crippen molar-refractivity contribution in [1.82, 2.24) is 4.98 Å². The SMILES string of the molecule is COC(=O)c1ccc(-c2ccc(Cl)cc2Cl)nc1F. The monoisotopic (exact) mass is 299 g/mol.